The number of halogens is 2. The second kappa shape index (κ2) is 6.72. The molecule has 7 heteroatoms. The number of nitrogens with two attached hydrogens (primary N) is 1. The van der Waals surface area contributed by atoms with Gasteiger partial charge in [-0.1, -0.05) is 12.1 Å². The molecule has 0 unspecified atom stereocenters. The molecule has 122 valence electrons. The van der Waals surface area contributed by atoms with Crippen LogP contribution in [0.25, 0.3) is 0 Å². The van der Waals surface area contributed by atoms with Crippen molar-refractivity contribution in [3.05, 3.63) is 52.0 Å². The van der Waals surface area contributed by atoms with Crippen molar-refractivity contribution in [2.45, 2.75) is 31.3 Å². The van der Waals surface area contributed by atoms with E-state index in [2.05, 4.69) is 4.98 Å². The number of carbonyl (C=O) groups is 1. The zero-order valence-corrected chi connectivity index (χ0v) is 13.2. The Morgan fingerprint density at radius 1 is 1.35 bits per heavy atom. The average molecular weight is 337 g/mol. The van der Waals surface area contributed by atoms with Crippen LogP contribution in [-0.4, -0.2) is 28.4 Å². The molecule has 1 aromatic carbocycles. The number of benzene rings is 1. The number of nitrogens with zero attached hydrogens (tertiary/aromatic N) is 2. The summed E-state index contributed by atoms with van der Waals surface area (Å²) in [5.41, 5.74) is 6.23. The molecule has 0 radical (unpaired) electrons. The van der Waals surface area contributed by atoms with Gasteiger partial charge in [0.2, 0.25) is 5.91 Å². The molecular formula is C16H17F2N3OS. The van der Waals surface area contributed by atoms with Gasteiger partial charge >= 0.3 is 0 Å². The molecule has 0 bridgehead atoms. The molecule has 0 spiro atoms. The Bertz CT molecular complexity index is 693. The van der Waals surface area contributed by atoms with Crippen LogP contribution in [0.1, 0.15) is 29.3 Å². The molecule has 1 aliphatic rings. The topological polar surface area (TPSA) is 59.2 Å². The first-order chi connectivity index (χ1) is 11.1. The van der Waals surface area contributed by atoms with Crippen LogP contribution in [0.5, 0.6) is 0 Å². The summed E-state index contributed by atoms with van der Waals surface area (Å²) in [5.74, 6) is -2.15. The smallest absolute Gasteiger partial charge is 0.239 e. The first-order valence-electron chi connectivity index (χ1n) is 7.43. The van der Waals surface area contributed by atoms with Gasteiger partial charge in [0.15, 0.2) is 11.6 Å². The molecule has 23 heavy (non-hydrogen) atoms. The van der Waals surface area contributed by atoms with Crippen LogP contribution in [0.15, 0.2) is 29.8 Å². The second-order valence-corrected chi connectivity index (χ2v) is 6.65. The Morgan fingerprint density at radius 3 is 2.91 bits per heavy atom. The fraction of sp³-hybridized carbons (Fsp3) is 0.375. The van der Waals surface area contributed by atoms with Crippen LogP contribution >= 0.6 is 11.3 Å². The van der Waals surface area contributed by atoms with Crippen molar-refractivity contribution in [2.75, 3.05) is 6.54 Å². The summed E-state index contributed by atoms with van der Waals surface area (Å²) >= 11 is 1.45. The number of thiazole rings is 1. The van der Waals surface area contributed by atoms with E-state index in [1.807, 2.05) is 5.38 Å². The van der Waals surface area contributed by atoms with E-state index < -0.39 is 17.7 Å². The Balaban J connectivity index is 1.87. The summed E-state index contributed by atoms with van der Waals surface area (Å²) in [6.07, 6.45) is 2.67. The molecule has 2 N–H and O–H groups in total. The van der Waals surface area contributed by atoms with Gasteiger partial charge in [0.25, 0.3) is 0 Å². The standard InChI is InChI=1S/C16H17F2N3OS/c17-12-3-1-2-11(15(12)18)10-4-5-13(19)16(22)21(8-10)9-14-20-6-7-23-14/h1-3,6-7,10,13H,4-5,8-9,19H2/t10-,13-/m1/s1. The van der Waals surface area contributed by atoms with Gasteiger partial charge in [0.05, 0.1) is 12.6 Å². The van der Waals surface area contributed by atoms with E-state index in [-0.39, 0.29) is 11.8 Å². The lowest BCUT2D eigenvalue weighted by Gasteiger charge is -2.25. The van der Waals surface area contributed by atoms with Gasteiger partial charge in [0, 0.05) is 24.0 Å². The molecule has 4 nitrogen and oxygen atoms in total. The highest BCUT2D eigenvalue weighted by atomic mass is 32.1. The molecule has 2 atom stereocenters. The summed E-state index contributed by atoms with van der Waals surface area (Å²) < 4.78 is 27.6. The maximum absolute atomic E-state index is 14.1. The minimum absolute atomic E-state index is 0.167. The van der Waals surface area contributed by atoms with Gasteiger partial charge in [-0.05, 0) is 24.5 Å². The van der Waals surface area contributed by atoms with E-state index in [1.165, 1.54) is 17.4 Å². The SMILES string of the molecule is N[C@@H]1CC[C@@H](c2cccc(F)c2F)CN(Cc2nccs2)C1=O. The van der Waals surface area contributed by atoms with E-state index in [9.17, 15) is 13.6 Å². The summed E-state index contributed by atoms with van der Waals surface area (Å²) in [7, 11) is 0. The molecule has 1 aromatic heterocycles. The van der Waals surface area contributed by atoms with Gasteiger partial charge in [-0.3, -0.25) is 4.79 Å². The number of rotatable bonds is 3. The number of carbonyl (C=O) groups excluding carboxylic acids is 1. The first-order valence-corrected chi connectivity index (χ1v) is 8.31. The highest BCUT2D eigenvalue weighted by Crippen LogP contribution is 2.30. The maximum atomic E-state index is 14.1. The van der Waals surface area contributed by atoms with Crippen molar-refractivity contribution >= 4 is 17.2 Å². The van der Waals surface area contributed by atoms with Crippen molar-refractivity contribution in [2.24, 2.45) is 5.73 Å². The van der Waals surface area contributed by atoms with Crippen LogP contribution in [-0.2, 0) is 11.3 Å². The summed E-state index contributed by atoms with van der Waals surface area (Å²) in [6, 6.07) is 3.55. The summed E-state index contributed by atoms with van der Waals surface area (Å²) in [6.45, 7) is 0.657. The number of amides is 1. The predicted octanol–water partition coefficient (Wildman–Crippen LogP) is 2.65. The third kappa shape index (κ3) is 3.40. The van der Waals surface area contributed by atoms with Gasteiger partial charge < -0.3 is 10.6 Å². The van der Waals surface area contributed by atoms with E-state index in [0.717, 1.165) is 11.1 Å². The monoisotopic (exact) mass is 337 g/mol. The fourth-order valence-corrected chi connectivity index (χ4v) is 3.54. The Labute approximate surface area is 136 Å². The average Bonchev–Trinajstić information content (AvgIpc) is 3.00. The Kier molecular flexibility index (Phi) is 4.68. The maximum Gasteiger partial charge on any atom is 0.239 e. The molecule has 3 rings (SSSR count). The van der Waals surface area contributed by atoms with Crippen LogP contribution in [0, 0.1) is 11.6 Å². The number of hydrogen-bond acceptors (Lipinski definition) is 4. The predicted molar refractivity (Wildman–Crippen MR) is 83.8 cm³/mol. The van der Waals surface area contributed by atoms with Crippen LogP contribution in [0.3, 0.4) is 0 Å². The largest absolute Gasteiger partial charge is 0.334 e. The van der Waals surface area contributed by atoms with Crippen molar-refractivity contribution in [1.29, 1.82) is 0 Å². The molecule has 2 heterocycles. The number of likely N-dealkylation sites (tertiary alicyclic amines) is 1. The van der Waals surface area contributed by atoms with Crippen LogP contribution in [0.2, 0.25) is 0 Å². The highest BCUT2D eigenvalue weighted by molar-refractivity contribution is 7.09. The fourth-order valence-electron chi connectivity index (χ4n) is 2.91. The summed E-state index contributed by atoms with van der Waals surface area (Å²) in [4.78, 5) is 18.2. The van der Waals surface area contributed by atoms with E-state index in [4.69, 9.17) is 5.73 Å². The van der Waals surface area contributed by atoms with E-state index >= 15 is 0 Å². The zero-order valence-electron chi connectivity index (χ0n) is 12.4. The van der Waals surface area contributed by atoms with Gasteiger partial charge in [-0.2, -0.15) is 0 Å². The van der Waals surface area contributed by atoms with E-state index in [1.54, 1.807) is 17.2 Å². The third-order valence-corrected chi connectivity index (χ3v) is 4.89. The third-order valence-electron chi connectivity index (χ3n) is 4.13. The molecular weight excluding hydrogens is 320 g/mol. The molecule has 0 saturated carbocycles. The van der Waals surface area contributed by atoms with Crippen molar-refractivity contribution < 1.29 is 13.6 Å². The molecule has 2 aromatic rings. The Hall–Kier alpha value is -1.86. The molecule has 1 aliphatic heterocycles. The molecule has 1 fully saturated rings. The minimum atomic E-state index is -0.867. The Morgan fingerprint density at radius 2 is 2.17 bits per heavy atom. The number of aromatic nitrogens is 1. The lowest BCUT2D eigenvalue weighted by Crippen LogP contribution is -2.42. The molecule has 0 aliphatic carbocycles. The number of hydrogen-bond donors (Lipinski definition) is 1. The van der Waals surface area contributed by atoms with Crippen LogP contribution < -0.4 is 5.73 Å². The second-order valence-electron chi connectivity index (χ2n) is 5.67. The van der Waals surface area contributed by atoms with Crippen molar-refractivity contribution in [1.82, 2.24) is 9.88 Å². The van der Waals surface area contributed by atoms with Crippen molar-refractivity contribution in [3.8, 4) is 0 Å². The van der Waals surface area contributed by atoms with E-state index in [0.29, 0.717) is 31.5 Å². The minimum Gasteiger partial charge on any atom is -0.334 e. The molecule has 1 saturated heterocycles. The lowest BCUT2D eigenvalue weighted by atomic mass is 9.93. The normalized spacial score (nSPS) is 22.2. The summed E-state index contributed by atoms with van der Waals surface area (Å²) in [5, 5.41) is 2.63. The van der Waals surface area contributed by atoms with Crippen molar-refractivity contribution in [3.63, 3.8) is 0 Å². The first kappa shape index (κ1) is 16.0. The quantitative estimate of drug-likeness (QED) is 0.937. The zero-order chi connectivity index (χ0) is 16.4. The van der Waals surface area contributed by atoms with Gasteiger partial charge in [-0.15, -0.1) is 11.3 Å². The lowest BCUT2D eigenvalue weighted by molar-refractivity contribution is -0.132. The highest BCUT2D eigenvalue weighted by Gasteiger charge is 2.31. The van der Waals surface area contributed by atoms with Gasteiger partial charge in [0.1, 0.15) is 5.01 Å². The van der Waals surface area contributed by atoms with Gasteiger partial charge in [-0.25, -0.2) is 13.8 Å². The van der Waals surface area contributed by atoms with Crippen LogP contribution in [0.4, 0.5) is 8.78 Å². The molecule has 1 amide bonds.